The lowest BCUT2D eigenvalue weighted by Crippen LogP contribution is -2.19. The van der Waals surface area contributed by atoms with Gasteiger partial charge in [0, 0.05) is 12.1 Å². The first-order valence-electron chi connectivity index (χ1n) is 8.86. The first-order valence-corrected chi connectivity index (χ1v) is 8.86. The van der Waals surface area contributed by atoms with Gasteiger partial charge in [0.05, 0.1) is 24.2 Å². The highest BCUT2D eigenvalue weighted by atomic mass is 16.6. The number of non-ortho nitro benzene ring substituents is 1. The van der Waals surface area contributed by atoms with Crippen LogP contribution in [0.3, 0.4) is 0 Å². The van der Waals surface area contributed by atoms with Crippen LogP contribution in [0.2, 0.25) is 0 Å². The highest BCUT2D eigenvalue weighted by Crippen LogP contribution is 2.13. The minimum absolute atomic E-state index is 0.00466. The zero-order valence-corrected chi connectivity index (χ0v) is 15.3. The van der Waals surface area contributed by atoms with Gasteiger partial charge in [-0.1, -0.05) is 31.9 Å². The van der Waals surface area contributed by atoms with E-state index in [2.05, 4.69) is 17.5 Å². The van der Waals surface area contributed by atoms with Crippen molar-refractivity contribution in [2.24, 2.45) is 5.10 Å². The summed E-state index contributed by atoms with van der Waals surface area (Å²) in [5.74, 6) is 0.515. The third kappa shape index (κ3) is 7.27. The maximum atomic E-state index is 11.9. The van der Waals surface area contributed by atoms with Gasteiger partial charge in [-0.3, -0.25) is 14.9 Å². The zero-order chi connectivity index (χ0) is 19.5. The number of nitrogens with one attached hydrogen (secondary N) is 1. The first-order chi connectivity index (χ1) is 13.1. The molecule has 7 nitrogen and oxygen atoms in total. The lowest BCUT2D eigenvalue weighted by Gasteiger charge is -2.05. The monoisotopic (exact) mass is 369 g/mol. The number of unbranched alkanes of at least 4 members (excludes halogenated alkanes) is 2. The molecule has 142 valence electrons. The van der Waals surface area contributed by atoms with Gasteiger partial charge in [0.2, 0.25) is 5.91 Å². The number of amides is 1. The molecular formula is C20H23N3O4. The van der Waals surface area contributed by atoms with Crippen LogP contribution >= 0.6 is 0 Å². The van der Waals surface area contributed by atoms with Gasteiger partial charge >= 0.3 is 0 Å². The number of carbonyl (C=O) groups excluding carboxylic acids is 1. The molecule has 0 aliphatic rings. The third-order valence-electron chi connectivity index (χ3n) is 3.81. The molecule has 0 fully saturated rings. The standard InChI is InChI=1S/C20H23N3O4/c1-2-3-4-13-27-19-11-7-17(8-12-19)15-21-22-20(24)14-16-5-9-18(10-6-16)23(25)26/h5-12,15H,2-4,13-14H2,1H3,(H,22,24)/b21-15-. The molecule has 0 aliphatic heterocycles. The molecule has 1 amide bonds. The van der Waals surface area contributed by atoms with Crippen molar-refractivity contribution in [2.75, 3.05) is 6.61 Å². The molecule has 0 bridgehead atoms. The topological polar surface area (TPSA) is 93.8 Å². The minimum atomic E-state index is -0.477. The fourth-order valence-corrected chi connectivity index (χ4v) is 2.33. The summed E-state index contributed by atoms with van der Waals surface area (Å²) < 4.78 is 5.64. The second-order valence-electron chi connectivity index (χ2n) is 6.02. The first kappa shape index (κ1) is 20.1. The van der Waals surface area contributed by atoms with Crippen molar-refractivity contribution in [3.05, 3.63) is 69.8 Å². The Bertz CT molecular complexity index is 771. The largest absolute Gasteiger partial charge is 0.494 e. The Labute approximate surface area is 158 Å². The number of rotatable bonds is 10. The van der Waals surface area contributed by atoms with E-state index in [0.29, 0.717) is 12.2 Å². The fourth-order valence-electron chi connectivity index (χ4n) is 2.33. The summed E-state index contributed by atoms with van der Waals surface area (Å²) in [5.41, 5.74) is 3.96. The van der Waals surface area contributed by atoms with E-state index in [1.807, 2.05) is 24.3 Å². The molecule has 1 N–H and O–H groups in total. The third-order valence-corrected chi connectivity index (χ3v) is 3.81. The lowest BCUT2D eigenvalue weighted by atomic mass is 10.1. The highest BCUT2D eigenvalue weighted by Gasteiger charge is 2.06. The zero-order valence-electron chi connectivity index (χ0n) is 15.3. The Hall–Kier alpha value is -3.22. The molecule has 0 saturated heterocycles. The van der Waals surface area contributed by atoms with Crippen LogP contribution in [-0.4, -0.2) is 23.7 Å². The molecular weight excluding hydrogens is 346 g/mol. The van der Waals surface area contributed by atoms with Crippen molar-refractivity contribution >= 4 is 17.8 Å². The number of hydrogen-bond acceptors (Lipinski definition) is 5. The lowest BCUT2D eigenvalue weighted by molar-refractivity contribution is -0.384. The number of benzene rings is 2. The Morgan fingerprint density at radius 2 is 1.85 bits per heavy atom. The van der Waals surface area contributed by atoms with Crippen molar-refractivity contribution < 1.29 is 14.5 Å². The van der Waals surface area contributed by atoms with E-state index >= 15 is 0 Å². The van der Waals surface area contributed by atoms with Gasteiger partial charge in [-0.15, -0.1) is 0 Å². The van der Waals surface area contributed by atoms with Crippen LogP contribution in [0, 0.1) is 10.1 Å². The van der Waals surface area contributed by atoms with E-state index in [-0.39, 0.29) is 18.0 Å². The van der Waals surface area contributed by atoms with Gasteiger partial charge < -0.3 is 4.74 Å². The molecule has 0 aromatic heterocycles. The van der Waals surface area contributed by atoms with Crippen LogP contribution < -0.4 is 10.2 Å². The van der Waals surface area contributed by atoms with Gasteiger partial charge in [0.1, 0.15) is 5.75 Å². The molecule has 0 saturated carbocycles. The molecule has 7 heteroatoms. The summed E-state index contributed by atoms with van der Waals surface area (Å²) in [7, 11) is 0. The van der Waals surface area contributed by atoms with Gasteiger partial charge in [0.25, 0.3) is 5.69 Å². The number of nitrogens with zero attached hydrogens (tertiary/aromatic N) is 2. The molecule has 0 atom stereocenters. The van der Waals surface area contributed by atoms with Crippen molar-refractivity contribution in [1.82, 2.24) is 5.43 Å². The van der Waals surface area contributed by atoms with Crippen molar-refractivity contribution in [2.45, 2.75) is 32.6 Å². The SMILES string of the molecule is CCCCCOc1ccc(/C=N\NC(=O)Cc2ccc([N+](=O)[O-])cc2)cc1. The molecule has 0 radical (unpaired) electrons. The van der Waals surface area contributed by atoms with E-state index in [1.165, 1.54) is 12.1 Å². The van der Waals surface area contributed by atoms with Crippen LogP contribution in [0.5, 0.6) is 5.75 Å². The summed E-state index contributed by atoms with van der Waals surface area (Å²) in [4.78, 5) is 22.0. The van der Waals surface area contributed by atoms with E-state index < -0.39 is 4.92 Å². The molecule has 2 aromatic carbocycles. The molecule has 0 aliphatic carbocycles. The average molecular weight is 369 g/mol. The maximum Gasteiger partial charge on any atom is 0.269 e. The number of ether oxygens (including phenoxy) is 1. The van der Waals surface area contributed by atoms with E-state index in [0.717, 1.165) is 30.6 Å². The number of nitro benzene ring substituents is 1. The van der Waals surface area contributed by atoms with Crippen LogP contribution in [0.1, 0.15) is 37.3 Å². The van der Waals surface area contributed by atoms with Crippen molar-refractivity contribution in [1.29, 1.82) is 0 Å². The summed E-state index contributed by atoms with van der Waals surface area (Å²) in [6, 6.07) is 13.3. The predicted octanol–water partition coefficient (Wildman–Crippen LogP) is 3.86. The number of carbonyl (C=O) groups is 1. The van der Waals surface area contributed by atoms with Gasteiger partial charge in [-0.05, 0) is 41.8 Å². The van der Waals surface area contributed by atoms with Gasteiger partial charge in [-0.25, -0.2) is 5.43 Å². The molecule has 2 aromatic rings. The van der Waals surface area contributed by atoms with Crippen molar-refractivity contribution in [3.63, 3.8) is 0 Å². The van der Waals surface area contributed by atoms with Crippen molar-refractivity contribution in [3.8, 4) is 5.75 Å². The fraction of sp³-hybridized carbons (Fsp3) is 0.300. The number of nitro groups is 1. The summed E-state index contributed by atoms with van der Waals surface area (Å²) in [5, 5.41) is 14.5. The van der Waals surface area contributed by atoms with Crippen LogP contribution in [0.15, 0.2) is 53.6 Å². The van der Waals surface area contributed by atoms with Gasteiger partial charge in [-0.2, -0.15) is 5.10 Å². The average Bonchev–Trinajstić information content (AvgIpc) is 2.67. The summed E-state index contributed by atoms with van der Waals surface area (Å²) in [6.07, 6.45) is 5.01. The Morgan fingerprint density at radius 1 is 1.15 bits per heavy atom. The van der Waals surface area contributed by atoms with E-state index in [1.54, 1.807) is 18.3 Å². The second kappa shape index (κ2) is 10.7. The number of hydrogen-bond donors (Lipinski definition) is 1. The smallest absolute Gasteiger partial charge is 0.269 e. The second-order valence-corrected chi connectivity index (χ2v) is 6.02. The highest BCUT2D eigenvalue weighted by molar-refractivity contribution is 5.83. The van der Waals surface area contributed by atoms with Crippen LogP contribution in [-0.2, 0) is 11.2 Å². The van der Waals surface area contributed by atoms with E-state index in [9.17, 15) is 14.9 Å². The summed E-state index contributed by atoms with van der Waals surface area (Å²) in [6.45, 7) is 2.86. The van der Waals surface area contributed by atoms with E-state index in [4.69, 9.17) is 4.74 Å². The number of hydrazone groups is 1. The predicted molar refractivity (Wildman–Crippen MR) is 104 cm³/mol. The molecule has 0 spiro atoms. The Kier molecular flexibility index (Phi) is 7.96. The summed E-state index contributed by atoms with van der Waals surface area (Å²) >= 11 is 0. The Morgan fingerprint density at radius 3 is 2.48 bits per heavy atom. The molecule has 0 heterocycles. The van der Waals surface area contributed by atoms with Crippen LogP contribution in [0.25, 0.3) is 0 Å². The van der Waals surface area contributed by atoms with Gasteiger partial charge in [0.15, 0.2) is 0 Å². The quantitative estimate of drug-likeness (QED) is 0.298. The minimum Gasteiger partial charge on any atom is -0.494 e. The molecule has 2 rings (SSSR count). The Balaban J connectivity index is 1.77. The van der Waals surface area contributed by atoms with Crippen LogP contribution in [0.4, 0.5) is 5.69 Å². The molecule has 0 unspecified atom stereocenters. The normalized spacial score (nSPS) is 10.7. The molecule has 27 heavy (non-hydrogen) atoms. The maximum absolute atomic E-state index is 11.9.